The van der Waals surface area contributed by atoms with Crippen molar-refractivity contribution < 1.29 is 0 Å². The number of nitrogens with zero attached hydrogens (tertiary/aromatic N) is 3. The first-order valence-corrected chi connectivity index (χ1v) is 7.42. The lowest BCUT2D eigenvalue weighted by molar-refractivity contribution is 0.499. The van der Waals surface area contributed by atoms with Gasteiger partial charge < -0.3 is 10.3 Å². The van der Waals surface area contributed by atoms with Crippen LogP contribution in [-0.4, -0.2) is 20.5 Å². The summed E-state index contributed by atoms with van der Waals surface area (Å²) in [7, 11) is 1.98. The second-order valence-electron chi connectivity index (χ2n) is 4.39. The van der Waals surface area contributed by atoms with E-state index in [0.717, 1.165) is 22.7 Å². The molecule has 0 bridgehead atoms. The van der Waals surface area contributed by atoms with Gasteiger partial charge in [0.25, 0.3) is 0 Å². The van der Waals surface area contributed by atoms with Gasteiger partial charge in [-0.25, -0.2) is 0 Å². The van der Waals surface area contributed by atoms with Crippen molar-refractivity contribution in [2.45, 2.75) is 51.2 Å². The van der Waals surface area contributed by atoms with Crippen molar-refractivity contribution in [3.8, 4) is 0 Å². The van der Waals surface area contributed by atoms with Crippen LogP contribution in [0.3, 0.4) is 0 Å². The summed E-state index contributed by atoms with van der Waals surface area (Å²) in [6, 6.07) is 0. The van der Waals surface area contributed by atoms with Crippen molar-refractivity contribution in [2.75, 3.05) is 5.75 Å². The third-order valence-corrected chi connectivity index (χ3v) is 4.35. The monoisotopic (exact) mass is 256 g/mol. The van der Waals surface area contributed by atoms with Gasteiger partial charge in [-0.15, -0.1) is 10.2 Å². The van der Waals surface area contributed by atoms with Crippen LogP contribution in [0.1, 0.15) is 45.4 Å². The van der Waals surface area contributed by atoms with Gasteiger partial charge in [0.15, 0.2) is 5.16 Å². The maximum Gasteiger partial charge on any atom is 0.190 e. The van der Waals surface area contributed by atoms with Crippen LogP contribution in [0.5, 0.6) is 0 Å². The van der Waals surface area contributed by atoms with Crippen LogP contribution in [0, 0.1) is 5.92 Å². The first-order valence-electron chi connectivity index (χ1n) is 6.44. The number of aromatic nitrogens is 3. The van der Waals surface area contributed by atoms with Crippen LogP contribution in [0.4, 0.5) is 0 Å². The Hall–Kier alpha value is -0.550. The molecule has 1 aromatic rings. The van der Waals surface area contributed by atoms with Gasteiger partial charge in [0.2, 0.25) is 0 Å². The van der Waals surface area contributed by atoms with E-state index in [-0.39, 0.29) is 0 Å². The van der Waals surface area contributed by atoms with Crippen molar-refractivity contribution in [1.29, 1.82) is 0 Å². The Balaban J connectivity index is 2.45. The van der Waals surface area contributed by atoms with Gasteiger partial charge in [0.1, 0.15) is 5.82 Å². The molecular formula is C12H24N4S. The molecule has 2 N–H and O–H groups in total. The SMILES string of the molecule is CCCCC(CC)CSc1nnc(CN)n1C. The van der Waals surface area contributed by atoms with E-state index in [4.69, 9.17) is 5.73 Å². The molecule has 1 heterocycles. The molecule has 0 aliphatic carbocycles. The zero-order valence-corrected chi connectivity index (χ0v) is 12.0. The summed E-state index contributed by atoms with van der Waals surface area (Å²) in [5.74, 6) is 2.78. The molecule has 17 heavy (non-hydrogen) atoms. The van der Waals surface area contributed by atoms with Gasteiger partial charge in [0.05, 0.1) is 6.54 Å². The fourth-order valence-corrected chi connectivity index (χ4v) is 2.92. The van der Waals surface area contributed by atoms with Gasteiger partial charge in [-0.3, -0.25) is 0 Å². The normalized spacial score (nSPS) is 12.9. The van der Waals surface area contributed by atoms with E-state index in [0.29, 0.717) is 6.54 Å². The minimum atomic E-state index is 0.455. The van der Waals surface area contributed by atoms with Gasteiger partial charge in [-0.1, -0.05) is 44.9 Å². The molecule has 98 valence electrons. The first kappa shape index (κ1) is 14.5. The standard InChI is InChI=1S/C12H24N4S/c1-4-6-7-10(5-2)9-17-12-15-14-11(8-13)16(12)3/h10H,4-9,13H2,1-3H3. The molecule has 0 spiro atoms. The molecule has 1 aromatic heterocycles. The van der Waals surface area contributed by atoms with Crippen LogP contribution in [0.25, 0.3) is 0 Å². The molecule has 0 saturated heterocycles. The average Bonchev–Trinajstić information content (AvgIpc) is 2.70. The van der Waals surface area contributed by atoms with E-state index in [2.05, 4.69) is 24.0 Å². The van der Waals surface area contributed by atoms with Gasteiger partial charge in [-0.05, 0) is 12.3 Å². The first-order chi connectivity index (χ1) is 8.22. The lowest BCUT2D eigenvalue weighted by Crippen LogP contribution is -2.06. The van der Waals surface area contributed by atoms with Gasteiger partial charge in [-0.2, -0.15) is 0 Å². The fourth-order valence-electron chi connectivity index (χ4n) is 1.74. The quantitative estimate of drug-likeness (QED) is 0.726. The Bertz CT molecular complexity index is 324. The smallest absolute Gasteiger partial charge is 0.190 e. The van der Waals surface area contributed by atoms with Crippen molar-refractivity contribution >= 4 is 11.8 Å². The lowest BCUT2D eigenvalue weighted by Gasteiger charge is -2.13. The second-order valence-corrected chi connectivity index (χ2v) is 5.38. The van der Waals surface area contributed by atoms with E-state index in [1.54, 1.807) is 11.8 Å². The molecule has 0 aliphatic rings. The third-order valence-electron chi connectivity index (χ3n) is 3.10. The molecule has 5 heteroatoms. The zero-order valence-electron chi connectivity index (χ0n) is 11.1. The van der Waals surface area contributed by atoms with E-state index in [1.807, 2.05) is 11.6 Å². The van der Waals surface area contributed by atoms with Crippen LogP contribution in [0.2, 0.25) is 0 Å². The highest BCUT2D eigenvalue weighted by molar-refractivity contribution is 7.99. The Kier molecular flexibility index (Phi) is 6.58. The molecular weight excluding hydrogens is 232 g/mol. The predicted molar refractivity (Wildman–Crippen MR) is 72.9 cm³/mol. The number of hydrogen-bond acceptors (Lipinski definition) is 4. The Morgan fingerprint density at radius 2 is 2.12 bits per heavy atom. The summed E-state index contributed by atoms with van der Waals surface area (Å²) >= 11 is 1.80. The maximum absolute atomic E-state index is 5.58. The van der Waals surface area contributed by atoms with E-state index in [1.165, 1.54) is 25.7 Å². The van der Waals surface area contributed by atoms with Crippen molar-refractivity contribution in [3.63, 3.8) is 0 Å². The number of hydrogen-bond donors (Lipinski definition) is 1. The van der Waals surface area contributed by atoms with Crippen LogP contribution in [0.15, 0.2) is 5.16 Å². The molecule has 0 radical (unpaired) electrons. The summed E-state index contributed by atoms with van der Waals surface area (Å²) in [6.07, 6.45) is 5.17. The number of nitrogens with two attached hydrogens (primary N) is 1. The molecule has 1 atom stereocenters. The summed E-state index contributed by atoms with van der Waals surface area (Å²) in [4.78, 5) is 0. The molecule has 1 rings (SSSR count). The maximum atomic E-state index is 5.58. The molecule has 0 fully saturated rings. The minimum Gasteiger partial charge on any atom is -0.324 e. The molecule has 0 aromatic carbocycles. The summed E-state index contributed by atoms with van der Waals surface area (Å²) in [5, 5.41) is 9.22. The Morgan fingerprint density at radius 3 is 2.65 bits per heavy atom. The van der Waals surface area contributed by atoms with E-state index < -0.39 is 0 Å². The van der Waals surface area contributed by atoms with Crippen molar-refractivity contribution in [2.24, 2.45) is 18.7 Å². The molecule has 1 unspecified atom stereocenters. The van der Waals surface area contributed by atoms with Crippen molar-refractivity contribution in [1.82, 2.24) is 14.8 Å². The summed E-state index contributed by atoms with van der Waals surface area (Å²) in [6.45, 7) is 4.97. The largest absolute Gasteiger partial charge is 0.324 e. The van der Waals surface area contributed by atoms with Crippen LogP contribution >= 0.6 is 11.8 Å². The number of unbranched alkanes of at least 4 members (excludes halogenated alkanes) is 1. The van der Waals surface area contributed by atoms with E-state index in [9.17, 15) is 0 Å². The van der Waals surface area contributed by atoms with Gasteiger partial charge >= 0.3 is 0 Å². The predicted octanol–water partition coefficient (Wildman–Crippen LogP) is 2.58. The number of rotatable bonds is 8. The van der Waals surface area contributed by atoms with Crippen molar-refractivity contribution in [3.05, 3.63) is 5.82 Å². The molecule has 4 nitrogen and oxygen atoms in total. The third kappa shape index (κ3) is 4.32. The zero-order chi connectivity index (χ0) is 12.7. The molecule has 0 aliphatic heterocycles. The number of thioether (sulfide) groups is 1. The summed E-state index contributed by atoms with van der Waals surface area (Å²) < 4.78 is 2.00. The Morgan fingerprint density at radius 1 is 1.35 bits per heavy atom. The summed E-state index contributed by atoms with van der Waals surface area (Å²) in [5.41, 5.74) is 5.58. The average molecular weight is 256 g/mol. The lowest BCUT2D eigenvalue weighted by atomic mass is 10.0. The van der Waals surface area contributed by atoms with Crippen LogP contribution < -0.4 is 5.73 Å². The van der Waals surface area contributed by atoms with Gasteiger partial charge in [0, 0.05) is 12.8 Å². The highest BCUT2D eigenvalue weighted by Crippen LogP contribution is 2.23. The fraction of sp³-hybridized carbons (Fsp3) is 0.833. The molecule has 0 saturated carbocycles. The topological polar surface area (TPSA) is 56.7 Å². The highest BCUT2D eigenvalue weighted by atomic mass is 32.2. The van der Waals surface area contributed by atoms with E-state index >= 15 is 0 Å². The van der Waals surface area contributed by atoms with Crippen LogP contribution in [-0.2, 0) is 13.6 Å². The second kappa shape index (κ2) is 7.71. The molecule has 0 amide bonds. The Labute approximate surface area is 108 Å². The highest BCUT2D eigenvalue weighted by Gasteiger charge is 2.11. The minimum absolute atomic E-state index is 0.455.